The molecule has 13 atom stereocenters. The lowest BCUT2D eigenvalue weighted by atomic mass is 10.1. The van der Waals surface area contributed by atoms with Crippen molar-refractivity contribution in [2.24, 2.45) is 10.7 Å². The van der Waals surface area contributed by atoms with E-state index in [1.807, 2.05) is 0 Å². The van der Waals surface area contributed by atoms with Gasteiger partial charge >= 0.3 is 14.5 Å². The molecule has 246 valence electrons. The van der Waals surface area contributed by atoms with Gasteiger partial charge in [-0.3, -0.25) is 34.4 Å². The van der Waals surface area contributed by atoms with E-state index >= 15 is 8.78 Å². The Morgan fingerprint density at radius 2 is 1.96 bits per heavy atom. The standard InChI is InChI=1S/C19H25F2N11O9P2S2/c20-7-6-2-37-42(34,35)40-11-5(39-17(8(11)21)32-14-9(29-30-32)13(22)24-3-25-14)1-38-43(36,44)41-12(7)18(45-6)31-4-26-10-15(31)27-19(23)28-16(10)33/h3-8,10-12,15,17-19,27H,1-2,23H2,(H,28,33)(H,34,35)(H,36,44)(H2,22,24,25)/t5-,6-,7+,8+,10?,11-,12-,15?,17-,18-,19?,43?/m1/s1. The summed E-state index contributed by atoms with van der Waals surface area (Å²) in [6, 6.07) is -0.924. The molecule has 5 aliphatic rings. The molecule has 1 amide bonds. The molecule has 7 heterocycles. The molecule has 0 radical (unpaired) electrons. The van der Waals surface area contributed by atoms with E-state index in [0.717, 1.165) is 22.8 Å². The zero-order chi connectivity index (χ0) is 31.8. The summed E-state index contributed by atoms with van der Waals surface area (Å²) in [5.41, 5.74) is 11.7. The molecule has 0 aliphatic carbocycles. The van der Waals surface area contributed by atoms with E-state index in [4.69, 9.17) is 46.1 Å². The predicted octanol–water partition coefficient (Wildman–Crippen LogP) is -2.05. The number of phosphoric ester groups is 1. The number of carbonyl (C=O) groups excluding carboxylic acids is 1. The van der Waals surface area contributed by atoms with Crippen molar-refractivity contribution in [2.75, 3.05) is 18.9 Å². The number of alkyl halides is 2. The molecule has 5 unspecified atom stereocenters. The maximum Gasteiger partial charge on any atom is 0.472 e. The molecule has 0 saturated carbocycles. The van der Waals surface area contributed by atoms with E-state index in [1.54, 1.807) is 0 Å². The fourth-order valence-corrected chi connectivity index (χ4v) is 9.60. The molecule has 2 aromatic heterocycles. The monoisotopic (exact) mass is 715 g/mol. The highest BCUT2D eigenvalue weighted by Crippen LogP contribution is 2.55. The van der Waals surface area contributed by atoms with Crippen molar-refractivity contribution in [1.82, 2.24) is 40.5 Å². The third-order valence-electron chi connectivity index (χ3n) is 7.57. The van der Waals surface area contributed by atoms with Crippen LogP contribution in [0.4, 0.5) is 14.6 Å². The number of fused-ring (bicyclic) bond motifs is 5. The van der Waals surface area contributed by atoms with Crippen LogP contribution in [0.25, 0.3) is 11.2 Å². The van der Waals surface area contributed by atoms with E-state index in [9.17, 15) is 19.1 Å². The lowest BCUT2D eigenvalue weighted by Gasteiger charge is -2.39. The van der Waals surface area contributed by atoms with Gasteiger partial charge in [-0.2, -0.15) is 4.68 Å². The van der Waals surface area contributed by atoms with Crippen molar-refractivity contribution >= 4 is 67.3 Å². The molecule has 20 nitrogen and oxygen atoms in total. The number of nitrogens with one attached hydrogen (secondary N) is 2. The Balaban J connectivity index is 1.16. The van der Waals surface area contributed by atoms with Crippen molar-refractivity contribution in [3.63, 3.8) is 0 Å². The van der Waals surface area contributed by atoms with Gasteiger partial charge in [0.25, 0.3) is 5.91 Å². The number of aliphatic imine (C=N–C) groups is 1. The highest BCUT2D eigenvalue weighted by Gasteiger charge is 2.56. The van der Waals surface area contributed by atoms with E-state index in [0.29, 0.717) is 0 Å². The van der Waals surface area contributed by atoms with E-state index < -0.39 is 99.7 Å². The van der Waals surface area contributed by atoms with Crippen LogP contribution in [0.2, 0.25) is 0 Å². The molecule has 26 heteroatoms. The van der Waals surface area contributed by atoms with Gasteiger partial charge in [0, 0.05) is 0 Å². The largest absolute Gasteiger partial charge is 0.472 e. The average Bonchev–Trinajstić information content (AvgIpc) is 3.72. The molecule has 2 aromatic rings. The summed E-state index contributed by atoms with van der Waals surface area (Å²) in [5, 5.41) is 10.9. The molecule has 45 heavy (non-hydrogen) atoms. The number of hydrogen-bond donors (Lipinski definition) is 6. The number of nitrogens with two attached hydrogens (primary N) is 2. The van der Waals surface area contributed by atoms with Crippen LogP contribution < -0.4 is 22.1 Å². The van der Waals surface area contributed by atoms with Crippen molar-refractivity contribution in [3.8, 4) is 0 Å². The third kappa shape index (κ3) is 5.75. The average molecular weight is 716 g/mol. The summed E-state index contributed by atoms with van der Waals surface area (Å²) in [7, 11) is -5.08. The van der Waals surface area contributed by atoms with Crippen LogP contribution >= 0.6 is 26.3 Å². The molecule has 0 spiro atoms. The van der Waals surface area contributed by atoms with Crippen molar-refractivity contribution in [2.45, 2.75) is 66.0 Å². The normalized spacial score (nSPS) is 45.4. The number of ether oxygens (including phenoxy) is 1. The van der Waals surface area contributed by atoms with Gasteiger partial charge in [0.2, 0.25) is 0 Å². The highest BCUT2D eigenvalue weighted by molar-refractivity contribution is 8.07. The Kier molecular flexibility index (Phi) is 8.12. The number of nitrogens with zero attached hydrogens (tertiary/aromatic N) is 7. The number of hydrogen-bond acceptors (Lipinski definition) is 18. The lowest BCUT2D eigenvalue weighted by molar-refractivity contribution is -0.127. The number of carbonyl (C=O) groups is 1. The van der Waals surface area contributed by atoms with Gasteiger partial charge in [0.15, 0.2) is 35.4 Å². The smallest absolute Gasteiger partial charge is 0.382 e. The Morgan fingerprint density at radius 1 is 1.16 bits per heavy atom. The molecule has 4 saturated heterocycles. The second-order valence-electron chi connectivity index (χ2n) is 10.4. The lowest BCUT2D eigenvalue weighted by Crippen LogP contribution is -2.70. The van der Waals surface area contributed by atoms with Gasteiger partial charge in [-0.05, 0) is 11.8 Å². The fourth-order valence-electron chi connectivity index (χ4n) is 5.53. The van der Waals surface area contributed by atoms with Gasteiger partial charge in [-0.25, -0.2) is 23.3 Å². The summed E-state index contributed by atoms with van der Waals surface area (Å²) in [5.74, 6) is -0.505. The van der Waals surface area contributed by atoms with Crippen molar-refractivity contribution in [1.29, 1.82) is 0 Å². The Bertz CT molecular complexity index is 1630. The van der Waals surface area contributed by atoms with Crippen LogP contribution in [0, 0.1) is 0 Å². The number of anilines is 1. The van der Waals surface area contributed by atoms with Gasteiger partial charge in [0.1, 0.15) is 48.6 Å². The van der Waals surface area contributed by atoms with Crippen LogP contribution in [0.15, 0.2) is 11.3 Å². The SMILES string of the molecule is Nc1ncnc2c1nnn2[C@@H]1O[C@@H]2COP(O)(=S)O[C@@H]3[C@@H](F)[C@@H](COP(=O)(O)O[C@H]2[C@@H]1F)S[C@H]3N1C=NC2C(=O)NC(N)NC21. The summed E-state index contributed by atoms with van der Waals surface area (Å²) in [4.78, 5) is 47.5. The number of nitrogen functional groups attached to an aromatic ring is 1. The van der Waals surface area contributed by atoms with Crippen molar-refractivity contribution in [3.05, 3.63) is 6.33 Å². The zero-order valence-corrected chi connectivity index (χ0v) is 25.8. The number of phosphoric acid groups is 1. The second kappa shape index (κ2) is 11.6. The maximum atomic E-state index is 15.9. The molecule has 2 bridgehead atoms. The van der Waals surface area contributed by atoms with Gasteiger partial charge in [-0.1, -0.05) is 5.21 Å². The summed E-state index contributed by atoms with van der Waals surface area (Å²) < 4.78 is 73.0. The van der Waals surface area contributed by atoms with Crippen LogP contribution in [0.1, 0.15) is 6.23 Å². The Hall–Kier alpha value is -2.05. The van der Waals surface area contributed by atoms with Crippen LogP contribution in [0.3, 0.4) is 0 Å². The van der Waals surface area contributed by atoms with E-state index in [2.05, 4.69) is 35.9 Å². The molecule has 4 fully saturated rings. The number of aromatic nitrogens is 5. The minimum absolute atomic E-state index is 0.00359. The number of halogens is 2. The van der Waals surface area contributed by atoms with Gasteiger partial charge in [0.05, 0.1) is 24.8 Å². The minimum atomic E-state index is -5.08. The molecular weight excluding hydrogens is 690 g/mol. The first kappa shape index (κ1) is 31.5. The molecule has 5 aliphatic heterocycles. The molecule has 8 N–H and O–H groups in total. The van der Waals surface area contributed by atoms with E-state index in [-0.39, 0.29) is 17.0 Å². The minimum Gasteiger partial charge on any atom is -0.382 e. The fraction of sp³-hybridized carbons (Fsp3) is 0.684. The topological polar surface area (TPSA) is 269 Å². The summed E-state index contributed by atoms with van der Waals surface area (Å²) in [6.07, 6.45) is -9.93. The number of thioether (sulfide) groups is 1. The quantitative estimate of drug-likeness (QED) is 0.183. The maximum absolute atomic E-state index is 15.9. The van der Waals surface area contributed by atoms with Crippen LogP contribution in [-0.2, 0) is 44.0 Å². The third-order valence-corrected chi connectivity index (χ3v) is 11.6. The summed E-state index contributed by atoms with van der Waals surface area (Å²) >= 11 is 6.09. The molecule has 7 rings (SSSR count). The second-order valence-corrected chi connectivity index (χ2v) is 16.0. The number of rotatable bonds is 2. The van der Waals surface area contributed by atoms with Crippen molar-refractivity contribution < 1.29 is 50.8 Å². The van der Waals surface area contributed by atoms with Gasteiger partial charge < -0.3 is 35.0 Å². The number of amides is 1. The zero-order valence-electron chi connectivity index (χ0n) is 22.4. The first-order chi connectivity index (χ1) is 21.3. The Labute approximate surface area is 260 Å². The van der Waals surface area contributed by atoms with Crippen LogP contribution in [-0.4, -0.2) is 125 Å². The first-order valence-electron chi connectivity index (χ1n) is 13.2. The molecular formula is C19H25F2N11O9P2S2. The highest BCUT2D eigenvalue weighted by atomic mass is 32.5. The van der Waals surface area contributed by atoms with Crippen LogP contribution in [0.5, 0.6) is 0 Å². The first-order valence-corrected chi connectivity index (χ1v) is 18.2. The van der Waals surface area contributed by atoms with Gasteiger partial charge in [-0.15, -0.1) is 16.9 Å². The van der Waals surface area contributed by atoms with E-state index in [1.165, 1.54) is 11.2 Å². The Morgan fingerprint density at radius 3 is 2.76 bits per heavy atom. The molecule has 0 aromatic carbocycles. The summed E-state index contributed by atoms with van der Waals surface area (Å²) in [6.45, 7) is -5.75. The predicted molar refractivity (Wildman–Crippen MR) is 152 cm³/mol.